The molecule has 4 heteroatoms. The third-order valence-electron chi connectivity index (χ3n) is 3.99. The van der Waals surface area contributed by atoms with Gasteiger partial charge in [0, 0.05) is 37.3 Å². The summed E-state index contributed by atoms with van der Waals surface area (Å²) >= 11 is 0. The van der Waals surface area contributed by atoms with E-state index in [2.05, 4.69) is 22.6 Å². The van der Waals surface area contributed by atoms with Crippen molar-refractivity contribution in [2.24, 2.45) is 13.0 Å². The number of aryl methyl sites for hydroxylation is 1. The zero-order valence-corrected chi connectivity index (χ0v) is 11.2. The fourth-order valence-electron chi connectivity index (χ4n) is 2.63. The van der Waals surface area contributed by atoms with E-state index < -0.39 is 0 Å². The molecular formula is C15H19N3O. The molecule has 1 fully saturated rings. The molecule has 4 nitrogen and oxygen atoms in total. The molecule has 1 aliphatic rings. The van der Waals surface area contributed by atoms with Gasteiger partial charge in [-0.2, -0.15) is 0 Å². The first kappa shape index (κ1) is 12.2. The summed E-state index contributed by atoms with van der Waals surface area (Å²) in [7, 11) is 2.01. The summed E-state index contributed by atoms with van der Waals surface area (Å²) in [6.07, 6.45) is 8.10. The molecule has 0 aliphatic heterocycles. The molecule has 2 aromatic rings. The van der Waals surface area contributed by atoms with E-state index in [1.165, 1.54) is 17.4 Å². The fraction of sp³-hybridized carbons (Fsp3) is 0.467. The van der Waals surface area contributed by atoms with Gasteiger partial charge in [-0.05, 0) is 37.0 Å². The van der Waals surface area contributed by atoms with Crippen LogP contribution in [0.2, 0.25) is 0 Å². The molecule has 1 aliphatic carbocycles. The highest BCUT2D eigenvalue weighted by molar-refractivity contribution is 5.81. The zero-order chi connectivity index (χ0) is 13.2. The van der Waals surface area contributed by atoms with Gasteiger partial charge in [-0.1, -0.05) is 6.42 Å². The van der Waals surface area contributed by atoms with Gasteiger partial charge in [0.15, 0.2) is 0 Å². The Bertz CT molecular complexity index is 598. The fourth-order valence-corrected chi connectivity index (χ4v) is 2.63. The Hall–Kier alpha value is -1.84. The number of hydrogen-bond donors (Lipinski definition) is 1. The molecule has 1 N–H and O–H groups in total. The van der Waals surface area contributed by atoms with E-state index >= 15 is 0 Å². The van der Waals surface area contributed by atoms with Gasteiger partial charge < -0.3 is 9.88 Å². The van der Waals surface area contributed by atoms with E-state index in [0.29, 0.717) is 6.54 Å². The molecule has 0 radical (unpaired) electrons. The number of hydrogen-bond acceptors (Lipinski definition) is 2. The summed E-state index contributed by atoms with van der Waals surface area (Å²) in [6, 6.07) is 4.05. The second kappa shape index (κ2) is 5.03. The summed E-state index contributed by atoms with van der Waals surface area (Å²) in [4.78, 5) is 16.1. The van der Waals surface area contributed by atoms with Crippen molar-refractivity contribution in [1.82, 2.24) is 14.9 Å². The number of amides is 1. The van der Waals surface area contributed by atoms with Crippen LogP contribution in [-0.2, 0) is 18.3 Å². The Morgan fingerprint density at radius 1 is 1.53 bits per heavy atom. The second-order valence-corrected chi connectivity index (χ2v) is 5.31. The highest BCUT2D eigenvalue weighted by Crippen LogP contribution is 2.26. The number of fused-ring (bicyclic) bond motifs is 1. The highest BCUT2D eigenvalue weighted by Gasteiger charge is 2.24. The maximum atomic E-state index is 11.8. The number of nitrogens with zero attached hydrogens (tertiary/aromatic N) is 2. The minimum Gasteiger partial charge on any atom is -0.356 e. The molecule has 0 aromatic carbocycles. The van der Waals surface area contributed by atoms with Crippen molar-refractivity contribution in [1.29, 1.82) is 0 Å². The van der Waals surface area contributed by atoms with Crippen molar-refractivity contribution >= 4 is 16.9 Å². The average molecular weight is 257 g/mol. The lowest BCUT2D eigenvalue weighted by atomic mass is 9.85. The van der Waals surface area contributed by atoms with E-state index in [9.17, 15) is 4.79 Å². The van der Waals surface area contributed by atoms with Crippen LogP contribution in [0.1, 0.15) is 24.8 Å². The standard InChI is InChI=1S/C15H19N3O/c1-18-10-12(13-6-3-8-16-14(13)18)7-9-17-15(19)11-4-2-5-11/h3,6,8,10-11H,2,4-5,7,9H2,1H3,(H,17,19). The molecule has 1 amide bonds. The summed E-state index contributed by atoms with van der Waals surface area (Å²) in [5, 5.41) is 4.22. The Kier molecular flexibility index (Phi) is 3.23. The van der Waals surface area contributed by atoms with Gasteiger partial charge in [0.2, 0.25) is 5.91 Å². The van der Waals surface area contributed by atoms with E-state index in [0.717, 1.165) is 24.9 Å². The molecule has 19 heavy (non-hydrogen) atoms. The van der Waals surface area contributed by atoms with Gasteiger partial charge in [0.1, 0.15) is 5.65 Å². The van der Waals surface area contributed by atoms with Gasteiger partial charge in [-0.25, -0.2) is 4.98 Å². The Morgan fingerprint density at radius 3 is 3.11 bits per heavy atom. The second-order valence-electron chi connectivity index (χ2n) is 5.31. The molecule has 0 unspecified atom stereocenters. The maximum absolute atomic E-state index is 11.8. The summed E-state index contributed by atoms with van der Waals surface area (Å²) in [5.74, 6) is 0.499. The third-order valence-corrected chi connectivity index (χ3v) is 3.99. The number of carbonyl (C=O) groups excluding carboxylic acids is 1. The van der Waals surface area contributed by atoms with E-state index in [-0.39, 0.29) is 11.8 Å². The van der Waals surface area contributed by atoms with Crippen molar-refractivity contribution < 1.29 is 4.79 Å². The number of nitrogens with one attached hydrogen (secondary N) is 1. The Balaban J connectivity index is 1.63. The molecule has 0 atom stereocenters. The lowest BCUT2D eigenvalue weighted by Gasteiger charge is -2.23. The minimum absolute atomic E-state index is 0.226. The first-order chi connectivity index (χ1) is 9.25. The minimum atomic E-state index is 0.226. The number of aromatic nitrogens is 2. The predicted molar refractivity (Wildman–Crippen MR) is 74.8 cm³/mol. The molecule has 0 saturated heterocycles. The predicted octanol–water partition coefficient (Wildman–Crippen LogP) is 2.03. The maximum Gasteiger partial charge on any atom is 0.223 e. The highest BCUT2D eigenvalue weighted by atomic mass is 16.1. The van der Waals surface area contributed by atoms with Crippen LogP contribution in [0.25, 0.3) is 11.0 Å². The van der Waals surface area contributed by atoms with Crippen molar-refractivity contribution in [3.8, 4) is 0 Å². The van der Waals surface area contributed by atoms with Gasteiger partial charge in [0.05, 0.1) is 0 Å². The van der Waals surface area contributed by atoms with Crippen LogP contribution in [0.4, 0.5) is 0 Å². The molecule has 0 bridgehead atoms. The summed E-state index contributed by atoms with van der Waals surface area (Å²) < 4.78 is 2.04. The van der Waals surface area contributed by atoms with Gasteiger partial charge in [0.25, 0.3) is 0 Å². The third kappa shape index (κ3) is 2.35. The molecule has 2 heterocycles. The quantitative estimate of drug-likeness (QED) is 0.911. The molecular weight excluding hydrogens is 238 g/mol. The van der Waals surface area contributed by atoms with E-state index in [4.69, 9.17) is 0 Å². The van der Waals surface area contributed by atoms with Gasteiger partial charge in [-0.3, -0.25) is 4.79 Å². The lowest BCUT2D eigenvalue weighted by Crippen LogP contribution is -2.35. The summed E-state index contributed by atoms with van der Waals surface area (Å²) in [6.45, 7) is 0.712. The Labute approximate surface area is 112 Å². The van der Waals surface area contributed by atoms with Crippen LogP contribution in [0.15, 0.2) is 24.5 Å². The normalized spacial score (nSPS) is 15.4. The van der Waals surface area contributed by atoms with E-state index in [1.807, 2.05) is 23.9 Å². The SMILES string of the molecule is Cn1cc(CCNC(=O)C2CCC2)c2cccnc21. The van der Waals surface area contributed by atoms with Gasteiger partial charge >= 0.3 is 0 Å². The summed E-state index contributed by atoms with van der Waals surface area (Å²) in [5.41, 5.74) is 2.25. The van der Waals surface area contributed by atoms with Gasteiger partial charge in [-0.15, -0.1) is 0 Å². The van der Waals surface area contributed by atoms with Crippen LogP contribution in [0.5, 0.6) is 0 Å². The van der Waals surface area contributed by atoms with E-state index in [1.54, 1.807) is 0 Å². The van der Waals surface area contributed by atoms with Crippen LogP contribution >= 0.6 is 0 Å². The molecule has 100 valence electrons. The average Bonchev–Trinajstić information content (AvgIpc) is 2.65. The topological polar surface area (TPSA) is 46.9 Å². The monoisotopic (exact) mass is 257 g/mol. The van der Waals surface area contributed by atoms with Crippen molar-refractivity contribution in [3.05, 3.63) is 30.1 Å². The molecule has 2 aromatic heterocycles. The molecule has 0 spiro atoms. The molecule has 3 rings (SSSR count). The number of rotatable bonds is 4. The van der Waals surface area contributed by atoms with Crippen molar-refractivity contribution in [3.63, 3.8) is 0 Å². The number of carbonyl (C=O) groups is 1. The first-order valence-corrected chi connectivity index (χ1v) is 6.92. The smallest absolute Gasteiger partial charge is 0.223 e. The zero-order valence-electron chi connectivity index (χ0n) is 11.2. The van der Waals surface area contributed by atoms with Crippen molar-refractivity contribution in [2.45, 2.75) is 25.7 Å². The van der Waals surface area contributed by atoms with Crippen LogP contribution in [0.3, 0.4) is 0 Å². The molecule has 1 saturated carbocycles. The van der Waals surface area contributed by atoms with Crippen LogP contribution in [-0.4, -0.2) is 22.0 Å². The first-order valence-electron chi connectivity index (χ1n) is 6.92. The number of pyridine rings is 1. The van der Waals surface area contributed by atoms with Crippen LogP contribution in [0, 0.1) is 5.92 Å². The Morgan fingerprint density at radius 2 is 2.37 bits per heavy atom. The largest absolute Gasteiger partial charge is 0.356 e. The van der Waals surface area contributed by atoms with Crippen LogP contribution < -0.4 is 5.32 Å². The van der Waals surface area contributed by atoms with Crippen molar-refractivity contribution in [2.75, 3.05) is 6.54 Å². The lowest BCUT2D eigenvalue weighted by molar-refractivity contribution is -0.127.